The van der Waals surface area contributed by atoms with Crippen LogP contribution in [-0.4, -0.2) is 19.1 Å². The van der Waals surface area contributed by atoms with Crippen LogP contribution in [0.3, 0.4) is 0 Å². The van der Waals surface area contributed by atoms with Crippen molar-refractivity contribution in [3.05, 3.63) is 59.7 Å². The largest absolute Gasteiger partial charge is 0.497 e. The summed E-state index contributed by atoms with van der Waals surface area (Å²) in [6.07, 6.45) is 1.97. The van der Waals surface area contributed by atoms with Gasteiger partial charge in [0.15, 0.2) is 0 Å². The number of methoxy groups -OCH3 is 1. The average molecular weight is 298 g/mol. The fraction of sp³-hybridized carbons (Fsp3) is 0.278. The van der Waals surface area contributed by atoms with Crippen LogP contribution in [0, 0.1) is 0 Å². The highest BCUT2D eigenvalue weighted by atomic mass is 16.5. The SMILES string of the molecule is COc1ccc(CCC(C)Nc2cccc(C(N)=O)c2)cc1. The first-order chi connectivity index (χ1) is 10.6. The first-order valence-electron chi connectivity index (χ1n) is 7.38. The molecule has 0 aromatic heterocycles. The molecule has 0 heterocycles. The van der Waals surface area contributed by atoms with Gasteiger partial charge in [-0.3, -0.25) is 4.79 Å². The zero-order valence-electron chi connectivity index (χ0n) is 13.0. The second kappa shape index (κ2) is 7.50. The minimum absolute atomic E-state index is 0.297. The molecule has 22 heavy (non-hydrogen) atoms. The van der Waals surface area contributed by atoms with Crippen molar-refractivity contribution in [3.8, 4) is 5.75 Å². The smallest absolute Gasteiger partial charge is 0.248 e. The minimum atomic E-state index is -0.408. The molecule has 1 unspecified atom stereocenters. The van der Waals surface area contributed by atoms with Crippen molar-refractivity contribution in [2.24, 2.45) is 5.73 Å². The number of carbonyl (C=O) groups is 1. The number of carbonyl (C=O) groups excluding carboxylic acids is 1. The number of ether oxygens (including phenoxy) is 1. The van der Waals surface area contributed by atoms with Crippen molar-refractivity contribution in [1.82, 2.24) is 0 Å². The van der Waals surface area contributed by atoms with E-state index in [-0.39, 0.29) is 0 Å². The molecule has 0 aliphatic rings. The summed E-state index contributed by atoms with van der Waals surface area (Å²) < 4.78 is 5.15. The Morgan fingerprint density at radius 3 is 2.59 bits per heavy atom. The maximum Gasteiger partial charge on any atom is 0.248 e. The van der Waals surface area contributed by atoms with Gasteiger partial charge in [0.05, 0.1) is 7.11 Å². The highest BCUT2D eigenvalue weighted by Crippen LogP contribution is 2.16. The molecule has 4 heteroatoms. The van der Waals surface area contributed by atoms with Gasteiger partial charge in [0.25, 0.3) is 0 Å². The van der Waals surface area contributed by atoms with Crippen LogP contribution >= 0.6 is 0 Å². The highest BCUT2D eigenvalue weighted by Gasteiger charge is 2.05. The fourth-order valence-corrected chi connectivity index (χ4v) is 2.29. The average Bonchev–Trinajstić information content (AvgIpc) is 2.53. The summed E-state index contributed by atoms with van der Waals surface area (Å²) in [5, 5.41) is 3.40. The molecule has 0 spiro atoms. The number of aryl methyl sites for hydroxylation is 1. The molecule has 2 rings (SSSR count). The predicted octanol–water partition coefficient (Wildman–Crippen LogP) is 3.23. The molecule has 0 saturated carbocycles. The van der Waals surface area contributed by atoms with Gasteiger partial charge >= 0.3 is 0 Å². The Kier molecular flexibility index (Phi) is 5.42. The van der Waals surface area contributed by atoms with Crippen molar-refractivity contribution in [2.75, 3.05) is 12.4 Å². The van der Waals surface area contributed by atoms with Gasteiger partial charge in [-0.25, -0.2) is 0 Å². The third-order valence-electron chi connectivity index (χ3n) is 3.59. The summed E-state index contributed by atoms with van der Waals surface area (Å²) in [6.45, 7) is 2.13. The van der Waals surface area contributed by atoms with Gasteiger partial charge in [0.1, 0.15) is 5.75 Å². The molecular weight excluding hydrogens is 276 g/mol. The monoisotopic (exact) mass is 298 g/mol. The number of anilines is 1. The molecule has 2 aromatic carbocycles. The summed E-state index contributed by atoms with van der Waals surface area (Å²) in [6, 6.07) is 15.7. The van der Waals surface area contributed by atoms with Gasteiger partial charge in [-0.2, -0.15) is 0 Å². The third-order valence-corrected chi connectivity index (χ3v) is 3.59. The second-order valence-corrected chi connectivity index (χ2v) is 5.38. The summed E-state index contributed by atoms with van der Waals surface area (Å²) in [5.74, 6) is 0.465. The second-order valence-electron chi connectivity index (χ2n) is 5.38. The number of rotatable bonds is 7. The Bertz CT molecular complexity index is 623. The molecule has 2 aromatic rings. The van der Waals surface area contributed by atoms with Gasteiger partial charge in [0.2, 0.25) is 5.91 Å². The van der Waals surface area contributed by atoms with Gasteiger partial charge in [-0.15, -0.1) is 0 Å². The Hall–Kier alpha value is -2.49. The van der Waals surface area contributed by atoms with Crippen molar-refractivity contribution in [3.63, 3.8) is 0 Å². The van der Waals surface area contributed by atoms with Crippen LogP contribution in [0.2, 0.25) is 0 Å². The van der Waals surface area contributed by atoms with E-state index in [1.165, 1.54) is 5.56 Å². The van der Waals surface area contributed by atoms with E-state index in [1.807, 2.05) is 24.3 Å². The highest BCUT2D eigenvalue weighted by molar-refractivity contribution is 5.93. The number of hydrogen-bond donors (Lipinski definition) is 2. The van der Waals surface area contributed by atoms with Gasteiger partial charge in [-0.05, 0) is 55.7 Å². The Morgan fingerprint density at radius 1 is 1.23 bits per heavy atom. The summed E-state index contributed by atoms with van der Waals surface area (Å²) in [4.78, 5) is 11.2. The Labute approximate surface area is 131 Å². The molecule has 0 saturated heterocycles. The first kappa shape index (κ1) is 15.9. The van der Waals surface area contributed by atoms with Crippen LogP contribution in [0.1, 0.15) is 29.3 Å². The Morgan fingerprint density at radius 2 is 1.95 bits per heavy atom. The zero-order chi connectivity index (χ0) is 15.9. The summed E-state index contributed by atoms with van der Waals surface area (Å²) in [7, 11) is 1.67. The molecule has 0 fully saturated rings. The molecule has 3 N–H and O–H groups in total. The predicted molar refractivity (Wildman–Crippen MR) is 89.4 cm³/mol. The van der Waals surface area contributed by atoms with Gasteiger partial charge < -0.3 is 15.8 Å². The lowest BCUT2D eigenvalue weighted by Crippen LogP contribution is -2.17. The van der Waals surface area contributed by atoms with E-state index in [4.69, 9.17) is 10.5 Å². The molecule has 116 valence electrons. The fourth-order valence-electron chi connectivity index (χ4n) is 2.29. The number of nitrogens with one attached hydrogen (secondary N) is 1. The van der Waals surface area contributed by atoms with E-state index < -0.39 is 5.91 Å². The van der Waals surface area contributed by atoms with Crippen LogP contribution < -0.4 is 15.8 Å². The molecule has 0 bridgehead atoms. The van der Waals surface area contributed by atoms with Crippen molar-refractivity contribution in [1.29, 1.82) is 0 Å². The Balaban J connectivity index is 1.88. The van der Waals surface area contributed by atoms with Crippen molar-refractivity contribution < 1.29 is 9.53 Å². The summed E-state index contributed by atoms with van der Waals surface area (Å²) in [5.41, 5.74) is 8.01. The molecular formula is C18H22N2O2. The van der Waals surface area contributed by atoms with Crippen LogP contribution in [-0.2, 0) is 6.42 Å². The number of benzene rings is 2. The van der Waals surface area contributed by atoms with Crippen LogP contribution in [0.4, 0.5) is 5.69 Å². The molecule has 1 atom stereocenters. The van der Waals surface area contributed by atoms with E-state index in [9.17, 15) is 4.79 Å². The topological polar surface area (TPSA) is 64.3 Å². The van der Waals surface area contributed by atoms with E-state index in [1.54, 1.807) is 19.2 Å². The zero-order valence-corrected chi connectivity index (χ0v) is 13.0. The summed E-state index contributed by atoms with van der Waals surface area (Å²) >= 11 is 0. The van der Waals surface area contributed by atoms with E-state index in [0.29, 0.717) is 11.6 Å². The number of hydrogen-bond acceptors (Lipinski definition) is 3. The van der Waals surface area contributed by atoms with Gasteiger partial charge in [0, 0.05) is 17.3 Å². The molecule has 0 aliphatic heterocycles. The lowest BCUT2D eigenvalue weighted by atomic mass is 10.1. The maximum atomic E-state index is 11.2. The number of nitrogens with two attached hydrogens (primary N) is 1. The lowest BCUT2D eigenvalue weighted by molar-refractivity contribution is 0.100. The number of amides is 1. The van der Waals surface area contributed by atoms with E-state index in [2.05, 4.69) is 24.4 Å². The third kappa shape index (κ3) is 4.52. The van der Waals surface area contributed by atoms with Crippen molar-refractivity contribution in [2.45, 2.75) is 25.8 Å². The lowest BCUT2D eigenvalue weighted by Gasteiger charge is -2.16. The quantitative estimate of drug-likeness (QED) is 0.825. The van der Waals surface area contributed by atoms with Crippen LogP contribution in [0.15, 0.2) is 48.5 Å². The molecule has 4 nitrogen and oxygen atoms in total. The molecule has 0 radical (unpaired) electrons. The van der Waals surface area contributed by atoms with Crippen LogP contribution in [0.5, 0.6) is 5.75 Å². The minimum Gasteiger partial charge on any atom is -0.497 e. The molecule has 1 amide bonds. The van der Waals surface area contributed by atoms with Gasteiger partial charge in [-0.1, -0.05) is 18.2 Å². The van der Waals surface area contributed by atoms with E-state index in [0.717, 1.165) is 24.3 Å². The normalized spacial score (nSPS) is 11.7. The van der Waals surface area contributed by atoms with Crippen molar-refractivity contribution >= 4 is 11.6 Å². The maximum absolute atomic E-state index is 11.2. The number of primary amides is 1. The first-order valence-corrected chi connectivity index (χ1v) is 7.38. The van der Waals surface area contributed by atoms with Crippen LogP contribution in [0.25, 0.3) is 0 Å². The standard InChI is InChI=1S/C18H22N2O2/c1-13(6-7-14-8-10-17(22-2)11-9-14)20-16-5-3-4-15(12-16)18(19)21/h3-5,8-13,20H,6-7H2,1-2H3,(H2,19,21). The van der Waals surface area contributed by atoms with E-state index >= 15 is 0 Å². The molecule has 0 aliphatic carbocycles.